The molecule has 0 amide bonds. The van der Waals surface area contributed by atoms with Crippen LogP contribution in [0.25, 0.3) is 0 Å². The highest BCUT2D eigenvalue weighted by atomic mass is 28.4. The average Bonchev–Trinajstić information content (AvgIpc) is 2.60. The lowest BCUT2D eigenvalue weighted by Gasteiger charge is -2.44. The molecule has 0 N–H and O–H groups in total. The van der Waals surface area contributed by atoms with E-state index in [2.05, 4.69) is 88.4 Å². The fourth-order valence-electron chi connectivity index (χ4n) is 3.54. The van der Waals surface area contributed by atoms with E-state index in [0.717, 1.165) is 19.1 Å². The Morgan fingerprint density at radius 1 is 0.960 bits per heavy atom. The zero-order valence-corrected chi connectivity index (χ0v) is 16.9. The highest BCUT2D eigenvalue weighted by molar-refractivity contribution is 6.99. The summed E-state index contributed by atoms with van der Waals surface area (Å²) < 4.78 is 6.94. The van der Waals surface area contributed by atoms with Crippen molar-refractivity contribution in [3.8, 4) is 0 Å². The summed E-state index contributed by atoms with van der Waals surface area (Å²) in [6.45, 7) is 9.01. The Morgan fingerprint density at radius 2 is 1.44 bits per heavy atom. The van der Waals surface area contributed by atoms with E-state index in [1.54, 1.807) is 0 Å². The van der Waals surface area contributed by atoms with Gasteiger partial charge in [0.1, 0.15) is 6.29 Å². The van der Waals surface area contributed by atoms with Crippen molar-refractivity contribution in [1.29, 1.82) is 0 Å². The smallest absolute Gasteiger partial charge is 0.261 e. The molecule has 0 heterocycles. The Labute approximate surface area is 153 Å². The van der Waals surface area contributed by atoms with Gasteiger partial charge in [-0.3, -0.25) is 0 Å². The fourth-order valence-corrected chi connectivity index (χ4v) is 8.28. The van der Waals surface area contributed by atoms with Gasteiger partial charge in [-0.15, -0.1) is 0 Å². The van der Waals surface area contributed by atoms with Gasteiger partial charge in [-0.05, 0) is 35.2 Å². The van der Waals surface area contributed by atoms with E-state index in [4.69, 9.17) is 4.43 Å². The van der Waals surface area contributed by atoms with Crippen molar-refractivity contribution >= 4 is 25.0 Å². The van der Waals surface area contributed by atoms with Gasteiger partial charge in [0.05, 0.1) is 0 Å². The summed E-state index contributed by atoms with van der Waals surface area (Å²) in [6, 6.07) is 21.4. The first kappa shape index (κ1) is 19.6. The number of unbranched alkanes of at least 4 members (excludes halogenated alkanes) is 1. The molecule has 0 aliphatic rings. The Morgan fingerprint density at radius 3 is 1.84 bits per heavy atom. The van der Waals surface area contributed by atoms with E-state index >= 15 is 0 Å². The molecular weight excluding hydrogens is 324 g/mol. The number of aldehydes is 1. The molecule has 0 aromatic heterocycles. The van der Waals surface area contributed by atoms with Crippen LogP contribution in [0.3, 0.4) is 0 Å². The highest BCUT2D eigenvalue weighted by Gasteiger charge is 2.50. The molecule has 0 saturated carbocycles. The van der Waals surface area contributed by atoms with Crippen LogP contribution < -0.4 is 10.4 Å². The quantitative estimate of drug-likeness (QED) is 0.401. The lowest BCUT2D eigenvalue weighted by molar-refractivity contribution is -0.108. The van der Waals surface area contributed by atoms with Crippen molar-refractivity contribution in [1.82, 2.24) is 0 Å². The molecule has 0 spiro atoms. The maximum atomic E-state index is 10.6. The molecule has 0 fully saturated rings. The molecule has 2 aromatic rings. The van der Waals surface area contributed by atoms with Gasteiger partial charge in [0.15, 0.2) is 0 Å². The van der Waals surface area contributed by atoms with Crippen molar-refractivity contribution in [2.24, 2.45) is 0 Å². The number of carbonyl (C=O) groups excluding carboxylic acids is 1. The van der Waals surface area contributed by atoms with Crippen LogP contribution in [0.2, 0.25) is 5.04 Å². The second-order valence-electron chi connectivity index (χ2n) is 7.69. The van der Waals surface area contributed by atoms with Crippen LogP contribution in [-0.2, 0) is 9.22 Å². The molecular formula is C22H30O2Si. The van der Waals surface area contributed by atoms with E-state index in [1.807, 2.05) is 0 Å². The van der Waals surface area contributed by atoms with Crippen molar-refractivity contribution < 1.29 is 9.22 Å². The number of hydrogen-bond acceptors (Lipinski definition) is 2. The van der Waals surface area contributed by atoms with Gasteiger partial charge in [-0.2, -0.15) is 0 Å². The van der Waals surface area contributed by atoms with E-state index < -0.39 is 8.32 Å². The topological polar surface area (TPSA) is 26.3 Å². The average molecular weight is 355 g/mol. The summed E-state index contributed by atoms with van der Waals surface area (Å²) in [4.78, 5) is 10.6. The fraction of sp³-hybridized carbons (Fsp3) is 0.409. The third-order valence-electron chi connectivity index (χ3n) is 4.73. The lowest BCUT2D eigenvalue weighted by Crippen LogP contribution is -2.67. The molecule has 0 bridgehead atoms. The molecule has 0 unspecified atom stereocenters. The van der Waals surface area contributed by atoms with Crippen molar-refractivity contribution in [2.75, 3.05) is 0 Å². The van der Waals surface area contributed by atoms with E-state index in [-0.39, 0.29) is 11.1 Å². The largest absolute Gasteiger partial charge is 0.405 e. The van der Waals surface area contributed by atoms with Crippen molar-refractivity contribution in [2.45, 2.75) is 58.1 Å². The Balaban J connectivity index is 2.51. The molecule has 3 heteroatoms. The minimum atomic E-state index is -2.46. The first-order chi connectivity index (χ1) is 11.9. The highest BCUT2D eigenvalue weighted by Crippen LogP contribution is 2.37. The third kappa shape index (κ3) is 4.47. The minimum Gasteiger partial charge on any atom is -0.405 e. The molecule has 134 valence electrons. The summed E-state index contributed by atoms with van der Waals surface area (Å²) in [5.41, 5.74) is 0. The van der Waals surface area contributed by atoms with Gasteiger partial charge in [-0.1, -0.05) is 81.4 Å². The molecule has 0 aliphatic carbocycles. The van der Waals surface area contributed by atoms with Crippen LogP contribution in [-0.4, -0.2) is 20.7 Å². The number of rotatable bonds is 8. The zero-order valence-electron chi connectivity index (χ0n) is 15.9. The van der Waals surface area contributed by atoms with Gasteiger partial charge in [0.2, 0.25) is 0 Å². The van der Waals surface area contributed by atoms with Crippen LogP contribution in [0, 0.1) is 0 Å². The number of hydrogen-bond donors (Lipinski definition) is 0. The lowest BCUT2D eigenvalue weighted by atomic mass is 10.2. The second-order valence-corrected chi connectivity index (χ2v) is 11.9. The van der Waals surface area contributed by atoms with Gasteiger partial charge in [0.25, 0.3) is 8.32 Å². The molecule has 0 radical (unpaired) electrons. The number of benzene rings is 2. The normalized spacial score (nSPS) is 13.4. The van der Waals surface area contributed by atoms with Crippen molar-refractivity contribution in [3.63, 3.8) is 0 Å². The van der Waals surface area contributed by atoms with Crippen LogP contribution in [0.5, 0.6) is 0 Å². The Hall–Kier alpha value is -1.71. The molecule has 2 rings (SSSR count). The Bertz CT molecular complexity index is 607. The van der Waals surface area contributed by atoms with E-state index in [1.165, 1.54) is 10.4 Å². The predicted molar refractivity (Wildman–Crippen MR) is 108 cm³/mol. The molecule has 1 atom stereocenters. The van der Waals surface area contributed by atoms with Gasteiger partial charge in [-0.25, -0.2) is 0 Å². The molecule has 2 nitrogen and oxygen atoms in total. The summed E-state index contributed by atoms with van der Waals surface area (Å²) in [7, 11) is -2.46. The van der Waals surface area contributed by atoms with E-state index in [0.29, 0.717) is 6.42 Å². The van der Waals surface area contributed by atoms with Crippen LogP contribution in [0.1, 0.15) is 47.0 Å². The summed E-state index contributed by atoms with van der Waals surface area (Å²) in [5, 5.41) is 2.60. The van der Waals surface area contributed by atoms with E-state index in [9.17, 15) is 4.79 Å². The van der Waals surface area contributed by atoms with Gasteiger partial charge in [0, 0.05) is 12.5 Å². The minimum absolute atomic E-state index is 0.00533. The van der Waals surface area contributed by atoms with Gasteiger partial charge < -0.3 is 9.22 Å². The molecule has 2 aromatic carbocycles. The maximum Gasteiger partial charge on any atom is 0.261 e. The van der Waals surface area contributed by atoms with Gasteiger partial charge >= 0.3 is 0 Å². The predicted octanol–water partition coefficient (Wildman–Crippen LogP) is 4.32. The third-order valence-corrected chi connectivity index (χ3v) is 9.89. The number of carbonyl (C=O) groups is 1. The molecule has 0 aliphatic heterocycles. The summed E-state index contributed by atoms with van der Waals surface area (Å²) in [6.07, 6.45) is 3.50. The Kier molecular flexibility index (Phi) is 6.74. The second kappa shape index (κ2) is 8.59. The molecule has 0 saturated heterocycles. The molecule has 25 heavy (non-hydrogen) atoms. The maximum absolute atomic E-state index is 10.6. The van der Waals surface area contributed by atoms with Crippen LogP contribution in [0.15, 0.2) is 60.7 Å². The summed E-state index contributed by atoms with van der Waals surface area (Å²) in [5.74, 6) is 0. The standard InChI is InChI=1S/C22H30O2Si/c1-19(13-11-12-18-23)24-25(22(2,3)4,20-14-7-5-8-15-20)21-16-9-6-10-17-21/h5-10,14-19H,11-13H2,1-4H3/t19-/m0/s1. The zero-order chi connectivity index (χ0) is 18.3. The van der Waals surface area contributed by atoms with Crippen LogP contribution in [0.4, 0.5) is 0 Å². The SMILES string of the molecule is C[C@@H](CCCC=O)O[Si](c1ccccc1)(c1ccccc1)C(C)(C)C. The monoisotopic (exact) mass is 354 g/mol. The first-order valence-electron chi connectivity index (χ1n) is 9.14. The van der Waals surface area contributed by atoms with Crippen molar-refractivity contribution in [3.05, 3.63) is 60.7 Å². The first-order valence-corrected chi connectivity index (χ1v) is 11.0. The summed E-state index contributed by atoms with van der Waals surface area (Å²) >= 11 is 0. The van der Waals surface area contributed by atoms with Crippen LogP contribution >= 0.6 is 0 Å².